The lowest BCUT2D eigenvalue weighted by atomic mass is 10.1. The second kappa shape index (κ2) is 10.9. The van der Waals surface area contributed by atoms with Gasteiger partial charge in [0.2, 0.25) is 0 Å². The van der Waals surface area contributed by atoms with E-state index < -0.39 is 0 Å². The quantitative estimate of drug-likeness (QED) is 0.470. The molecular weight excluding hydrogens is 392 g/mol. The molecule has 3 rings (SSSR count). The number of carbonyl (C=O) groups is 1. The first-order valence-corrected chi connectivity index (χ1v) is 10.9. The van der Waals surface area contributed by atoms with E-state index in [0.29, 0.717) is 25.3 Å². The van der Waals surface area contributed by atoms with Gasteiger partial charge in [0.05, 0.1) is 18.2 Å². The smallest absolute Gasteiger partial charge is 0.251 e. The molecule has 1 amide bonds. The number of carbonyl (C=O) groups excluding carboxylic acids is 1. The molecule has 1 aromatic heterocycles. The van der Waals surface area contributed by atoms with E-state index >= 15 is 0 Å². The third-order valence-electron chi connectivity index (χ3n) is 5.09. The van der Waals surface area contributed by atoms with E-state index in [-0.39, 0.29) is 12.0 Å². The summed E-state index contributed by atoms with van der Waals surface area (Å²) in [7, 11) is 0. The van der Waals surface area contributed by atoms with Gasteiger partial charge in [-0.05, 0) is 81.6 Å². The Morgan fingerprint density at radius 1 is 1.06 bits per heavy atom. The van der Waals surface area contributed by atoms with Crippen molar-refractivity contribution in [2.24, 2.45) is 0 Å². The molecule has 0 spiro atoms. The highest BCUT2D eigenvalue weighted by molar-refractivity contribution is 5.94. The van der Waals surface area contributed by atoms with E-state index in [1.807, 2.05) is 30.7 Å². The summed E-state index contributed by atoms with van der Waals surface area (Å²) in [5, 5.41) is 11.4. The van der Waals surface area contributed by atoms with Gasteiger partial charge in [0, 0.05) is 31.7 Å². The monoisotopic (exact) mass is 424 g/mol. The Hall–Kier alpha value is -2.93. The van der Waals surface area contributed by atoms with Gasteiger partial charge in [0.1, 0.15) is 11.3 Å². The summed E-state index contributed by atoms with van der Waals surface area (Å²) in [6.07, 6.45) is 1.82. The van der Waals surface area contributed by atoms with Crippen molar-refractivity contribution in [2.75, 3.05) is 19.8 Å². The summed E-state index contributed by atoms with van der Waals surface area (Å²) in [5.74, 6) is 0.663. The van der Waals surface area contributed by atoms with Crippen LogP contribution < -0.4 is 10.1 Å². The van der Waals surface area contributed by atoms with Crippen molar-refractivity contribution in [3.8, 4) is 5.75 Å². The van der Waals surface area contributed by atoms with Crippen LogP contribution in [0.2, 0.25) is 0 Å². The maximum absolute atomic E-state index is 12.2. The maximum Gasteiger partial charge on any atom is 0.251 e. The zero-order valence-electron chi connectivity index (χ0n) is 18.9. The Balaban J connectivity index is 1.40. The third kappa shape index (κ3) is 6.52. The standard InChI is InChI=1S/C24H32N4O3/c1-17(2)30-13-5-11-25-24(29)20-7-9-21(10-8-20)31-14-6-12-28-23-16-19(4)18(3)15-22(23)26-27-28/h7-10,15-17H,5-6,11-14H2,1-4H3,(H,25,29). The Morgan fingerprint density at radius 2 is 1.81 bits per heavy atom. The fourth-order valence-electron chi connectivity index (χ4n) is 3.19. The average molecular weight is 425 g/mol. The Labute approximate surface area is 183 Å². The molecule has 0 aliphatic heterocycles. The molecule has 166 valence electrons. The number of amides is 1. The molecule has 0 bridgehead atoms. The first-order valence-electron chi connectivity index (χ1n) is 10.9. The van der Waals surface area contributed by atoms with Crippen LogP contribution in [0.4, 0.5) is 0 Å². The van der Waals surface area contributed by atoms with Crippen LogP contribution in [0.3, 0.4) is 0 Å². The predicted molar refractivity (Wildman–Crippen MR) is 122 cm³/mol. The molecule has 0 saturated carbocycles. The van der Waals surface area contributed by atoms with E-state index in [9.17, 15) is 4.79 Å². The van der Waals surface area contributed by atoms with Gasteiger partial charge in [0.15, 0.2) is 0 Å². The molecule has 0 radical (unpaired) electrons. The summed E-state index contributed by atoms with van der Waals surface area (Å²) in [5.41, 5.74) is 5.05. The number of ether oxygens (including phenoxy) is 2. The number of benzene rings is 2. The molecule has 1 N–H and O–H groups in total. The minimum Gasteiger partial charge on any atom is -0.494 e. The summed E-state index contributed by atoms with van der Waals surface area (Å²) < 4.78 is 13.2. The highest BCUT2D eigenvalue weighted by Crippen LogP contribution is 2.18. The number of hydrogen-bond donors (Lipinski definition) is 1. The number of aryl methyl sites for hydroxylation is 3. The number of fused-ring (bicyclic) bond motifs is 1. The maximum atomic E-state index is 12.2. The van der Waals surface area contributed by atoms with Gasteiger partial charge in [-0.3, -0.25) is 4.79 Å². The van der Waals surface area contributed by atoms with Gasteiger partial charge in [-0.15, -0.1) is 5.10 Å². The first-order chi connectivity index (χ1) is 14.9. The lowest BCUT2D eigenvalue weighted by molar-refractivity contribution is 0.0757. The van der Waals surface area contributed by atoms with Crippen molar-refractivity contribution < 1.29 is 14.3 Å². The molecule has 0 aliphatic carbocycles. The fourth-order valence-corrected chi connectivity index (χ4v) is 3.19. The molecule has 2 aromatic carbocycles. The van der Waals surface area contributed by atoms with Crippen LogP contribution in [0.25, 0.3) is 11.0 Å². The van der Waals surface area contributed by atoms with Gasteiger partial charge in [0.25, 0.3) is 5.91 Å². The van der Waals surface area contributed by atoms with Crippen molar-refractivity contribution in [2.45, 2.75) is 53.2 Å². The average Bonchev–Trinajstić information content (AvgIpc) is 3.13. The second-order valence-electron chi connectivity index (χ2n) is 7.99. The molecule has 31 heavy (non-hydrogen) atoms. The van der Waals surface area contributed by atoms with Crippen LogP contribution in [0.15, 0.2) is 36.4 Å². The Morgan fingerprint density at radius 3 is 2.55 bits per heavy atom. The van der Waals surface area contributed by atoms with Crippen molar-refractivity contribution in [3.63, 3.8) is 0 Å². The molecule has 0 fully saturated rings. The van der Waals surface area contributed by atoms with Crippen molar-refractivity contribution in [1.29, 1.82) is 0 Å². The molecule has 3 aromatic rings. The van der Waals surface area contributed by atoms with Crippen molar-refractivity contribution >= 4 is 16.9 Å². The SMILES string of the molecule is Cc1cc2nnn(CCCOc3ccc(C(=O)NCCCOC(C)C)cc3)c2cc1C. The predicted octanol–water partition coefficient (Wildman–Crippen LogP) is 4.06. The van der Waals surface area contributed by atoms with E-state index in [1.165, 1.54) is 11.1 Å². The first kappa shape index (κ1) is 22.7. The van der Waals surface area contributed by atoms with Crippen LogP contribution in [0.1, 0.15) is 48.2 Å². The van der Waals surface area contributed by atoms with Gasteiger partial charge < -0.3 is 14.8 Å². The van der Waals surface area contributed by atoms with E-state index in [1.54, 1.807) is 12.1 Å². The van der Waals surface area contributed by atoms with Crippen LogP contribution >= 0.6 is 0 Å². The lowest BCUT2D eigenvalue weighted by Gasteiger charge is -2.09. The molecule has 0 atom stereocenters. The summed E-state index contributed by atoms with van der Waals surface area (Å²) >= 11 is 0. The van der Waals surface area contributed by atoms with Crippen LogP contribution in [0, 0.1) is 13.8 Å². The summed E-state index contributed by atoms with van der Waals surface area (Å²) in [6.45, 7) is 10.7. The van der Waals surface area contributed by atoms with Crippen molar-refractivity contribution in [3.05, 3.63) is 53.1 Å². The molecule has 7 heteroatoms. The molecule has 0 aliphatic rings. The number of aromatic nitrogens is 3. The van der Waals surface area contributed by atoms with Gasteiger partial charge in [-0.2, -0.15) is 0 Å². The molecule has 0 saturated heterocycles. The van der Waals surface area contributed by atoms with Crippen LogP contribution in [-0.2, 0) is 11.3 Å². The van der Waals surface area contributed by atoms with Gasteiger partial charge in [-0.25, -0.2) is 4.68 Å². The van der Waals surface area contributed by atoms with Gasteiger partial charge in [-0.1, -0.05) is 5.21 Å². The number of rotatable bonds is 11. The third-order valence-corrected chi connectivity index (χ3v) is 5.09. The molecule has 1 heterocycles. The zero-order chi connectivity index (χ0) is 22.2. The minimum absolute atomic E-state index is 0.0836. The normalized spacial score (nSPS) is 11.3. The number of hydrogen-bond acceptors (Lipinski definition) is 5. The summed E-state index contributed by atoms with van der Waals surface area (Å²) in [6, 6.07) is 11.4. The van der Waals surface area contributed by atoms with E-state index in [2.05, 4.69) is 41.6 Å². The van der Waals surface area contributed by atoms with Crippen LogP contribution in [0.5, 0.6) is 5.75 Å². The largest absolute Gasteiger partial charge is 0.494 e. The van der Waals surface area contributed by atoms with Crippen LogP contribution in [-0.4, -0.2) is 46.8 Å². The lowest BCUT2D eigenvalue weighted by Crippen LogP contribution is -2.25. The molecule has 7 nitrogen and oxygen atoms in total. The zero-order valence-corrected chi connectivity index (χ0v) is 18.9. The Bertz CT molecular complexity index is 996. The molecular formula is C24H32N4O3. The topological polar surface area (TPSA) is 78.3 Å². The molecule has 0 unspecified atom stereocenters. The number of nitrogens with zero attached hydrogens (tertiary/aromatic N) is 3. The van der Waals surface area contributed by atoms with Crippen molar-refractivity contribution in [1.82, 2.24) is 20.3 Å². The Kier molecular flexibility index (Phi) is 8.00. The second-order valence-corrected chi connectivity index (χ2v) is 7.99. The fraction of sp³-hybridized carbons (Fsp3) is 0.458. The highest BCUT2D eigenvalue weighted by atomic mass is 16.5. The minimum atomic E-state index is -0.0836. The highest BCUT2D eigenvalue weighted by Gasteiger charge is 2.08. The number of nitrogens with one attached hydrogen (secondary N) is 1. The van der Waals surface area contributed by atoms with E-state index in [0.717, 1.165) is 36.2 Å². The van der Waals surface area contributed by atoms with Gasteiger partial charge >= 0.3 is 0 Å². The summed E-state index contributed by atoms with van der Waals surface area (Å²) in [4.78, 5) is 12.2. The van der Waals surface area contributed by atoms with E-state index in [4.69, 9.17) is 9.47 Å².